The van der Waals surface area contributed by atoms with E-state index in [-0.39, 0.29) is 42.6 Å². The van der Waals surface area contributed by atoms with Crippen LogP contribution in [-0.4, -0.2) is 63.3 Å². The molecule has 0 radical (unpaired) electrons. The molecule has 1 N–H and O–H groups in total. The lowest BCUT2D eigenvalue weighted by Gasteiger charge is -2.27. The summed E-state index contributed by atoms with van der Waals surface area (Å²) in [5.41, 5.74) is 2.66. The molecule has 2 aliphatic heterocycles. The second-order valence-electron chi connectivity index (χ2n) is 7.55. The molecule has 2 aromatic rings. The highest BCUT2D eigenvalue weighted by atomic mass is 32.2. The van der Waals surface area contributed by atoms with E-state index in [9.17, 15) is 18.5 Å². The van der Waals surface area contributed by atoms with Gasteiger partial charge in [0, 0.05) is 43.2 Å². The van der Waals surface area contributed by atoms with E-state index in [1.807, 2.05) is 6.07 Å². The Morgan fingerprint density at radius 3 is 2.56 bits per heavy atom. The van der Waals surface area contributed by atoms with Crippen molar-refractivity contribution in [1.29, 1.82) is 0 Å². The minimum atomic E-state index is -3.95. The molecular weight excluding hydrogens is 454 g/mol. The van der Waals surface area contributed by atoms with E-state index < -0.39 is 14.9 Å². The average molecular weight is 480 g/mol. The summed E-state index contributed by atoms with van der Waals surface area (Å²) in [5, 5.41) is 16.6. The first kappa shape index (κ1) is 22.6. The Hall–Kier alpha value is -2.54. The summed E-state index contributed by atoms with van der Waals surface area (Å²) in [6.07, 6.45) is 5.29. The summed E-state index contributed by atoms with van der Waals surface area (Å²) in [6, 6.07) is 7.74. The SMILES string of the molecule is O=[N+]([O-])c1ccc(N/N=C/c2ccc(N3CCCCC3)s2)c(S(=O)(=O)N2CCOCC2)c1. The average Bonchev–Trinajstić information content (AvgIpc) is 3.29. The largest absolute Gasteiger partial charge is 0.379 e. The highest BCUT2D eigenvalue weighted by Crippen LogP contribution is 2.30. The van der Waals surface area contributed by atoms with Gasteiger partial charge in [-0.05, 0) is 37.5 Å². The van der Waals surface area contributed by atoms with Gasteiger partial charge in [-0.1, -0.05) is 0 Å². The fraction of sp³-hybridized carbons (Fsp3) is 0.450. The maximum absolute atomic E-state index is 13.1. The zero-order valence-electron chi connectivity index (χ0n) is 17.5. The number of anilines is 2. The lowest BCUT2D eigenvalue weighted by molar-refractivity contribution is -0.385. The molecule has 172 valence electrons. The third-order valence-corrected chi connectivity index (χ3v) is 8.44. The molecule has 12 heteroatoms. The van der Waals surface area contributed by atoms with Crippen molar-refractivity contribution in [1.82, 2.24) is 4.31 Å². The van der Waals surface area contributed by atoms with Crippen molar-refractivity contribution in [2.45, 2.75) is 24.2 Å². The minimum absolute atomic E-state index is 0.175. The highest BCUT2D eigenvalue weighted by molar-refractivity contribution is 7.89. The van der Waals surface area contributed by atoms with Gasteiger partial charge in [-0.15, -0.1) is 11.3 Å². The number of rotatable bonds is 7. The maximum Gasteiger partial charge on any atom is 0.270 e. The molecule has 1 aromatic carbocycles. The number of sulfonamides is 1. The van der Waals surface area contributed by atoms with Crippen molar-refractivity contribution in [3.8, 4) is 0 Å². The number of hydrogen-bond donors (Lipinski definition) is 1. The van der Waals surface area contributed by atoms with Crippen LogP contribution in [0, 0.1) is 10.1 Å². The Morgan fingerprint density at radius 2 is 1.84 bits per heavy atom. The van der Waals surface area contributed by atoms with E-state index in [0.717, 1.165) is 24.0 Å². The number of nitrogens with zero attached hydrogens (tertiary/aromatic N) is 4. The molecule has 2 saturated heterocycles. The summed E-state index contributed by atoms with van der Waals surface area (Å²) in [4.78, 5) is 13.7. The zero-order chi connectivity index (χ0) is 22.6. The summed E-state index contributed by atoms with van der Waals surface area (Å²) >= 11 is 1.62. The fourth-order valence-electron chi connectivity index (χ4n) is 3.72. The number of non-ortho nitro benzene ring substituents is 1. The van der Waals surface area contributed by atoms with Crippen molar-refractivity contribution < 1.29 is 18.1 Å². The van der Waals surface area contributed by atoms with Gasteiger partial charge >= 0.3 is 0 Å². The first-order valence-corrected chi connectivity index (χ1v) is 12.7. The molecule has 10 nitrogen and oxygen atoms in total. The smallest absolute Gasteiger partial charge is 0.270 e. The molecule has 0 bridgehead atoms. The van der Waals surface area contributed by atoms with Gasteiger partial charge in [-0.2, -0.15) is 9.41 Å². The fourth-order valence-corrected chi connectivity index (χ4v) is 6.22. The van der Waals surface area contributed by atoms with E-state index in [1.54, 1.807) is 17.6 Å². The van der Waals surface area contributed by atoms with Gasteiger partial charge in [-0.25, -0.2) is 8.42 Å². The van der Waals surface area contributed by atoms with Gasteiger partial charge in [0.2, 0.25) is 10.0 Å². The lowest BCUT2D eigenvalue weighted by atomic mass is 10.1. The molecule has 32 heavy (non-hydrogen) atoms. The summed E-state index contributed by atoms with van der Waals surface area (Å²) in [7, 11) is -3.95. The Kier molecular flexibility index (Phi) is 7.04. The van der Waals surface area contributed by atoms with Crippen LogP contribution in [0.5, 0.6) is 0 Å². The van der Waals surface area contributed by atoms with Crippen molar-refractivity contribution in [2.75, 3.05) is 49.7 Å². The number of nitro groups is 1. The normalized spacial score (nSPS) is 18.2. The van der Waals surface area contributed by atoms with E-state index in [4.69, 9.17) is 4.74 Å². The monoisotopic (exact) mass is 479 g/mol. The first-order chi connectivity index (χ1) is 15.4. The van der Waals surface area contributed by atoms with Crippen LogP contribution in [0.1, 0.15) is 24.1 Å². The number of morpholine rings is 1. The van der Waals surface area contributed by atoms with Gasteiger partial charge in [0.25, 0.3) is 5.69 Å². The standard InChI is InChI=1S/C20H25N5O5S2/c26-25(27)16-4-6-18(19(14-16)32(28,29)24-10-12-30-13-11-24)22-21-15-17-5-7-20(31-17)23-8-2-1-3-9-23/h4-7,14-15,22H,1-3,8-13H2/b21-15+. The van der Waals surface area contributed by atoms with Gasteiger partial charge < -0.3 is 9.64 Å². The maximum atomic E-state index is 13.1. The number of ether oxygens (including phenoxy) is 1. The molecule has 3 heterocycles. The Morgan fingerprint density at radius 1 is 1.09 bits per heavy atom. The van der Waals surface area contributed by atoms with Crippen molar-refractivity contribution in [3.63, 3.8) is 0 Å². The zero-order valence-corrected chi connectivity index (χ0v) is 19.1. The van der Waals surface area contributed by atoms with E-state index in [1.165, 1.54) is 40.7 Å². The predicted molar refractivity (Wildman–Crippen MR) is 124 cm³/mol. The Labute approximate surface area is 190 Å². The van der Waals surface area contributed by atoms with E-state index in [0.29, 0.717) is 0 Å². The number of benzene rings is 1. The first-order valence-electron chi connectivity index (χ1n) is 10.5. The van der Waals surface area contributed by atoms with Crippen LogP contribution >= 0.6 is 11.3 Å². The Bertz CT molecular complexity index is 1090. The molecule has 1 aromatic heterocycles. The van der Waals surface area contributed by atoms with Gasteiger partial charge in [0.15, 0.2) is 0 Å². The quantitative estimate of drug-likeness (QED) is 0.368. The highest BCUT2D eigenvalue weighted by Gasteiger charge is 2.30. The van der Waals surface area contributed by atoms with Gasteiger partial charge in [0.05, 0.1) is 35.0 Å². The number of thiophene rings is 1. The second-order valence-corrected chi connectivity index (χ2v) is 10.5. The van der Waals surface area contributed by atoms with Crippen LogP contribution < -0.4 is 10.3 Å². The summed E-state index contributed by atoms with van der Waals surface area (Å²) < 4.78 is 32.8. The van der Waals surface area contributed by atoms with Crippen molar-refractivity contribution in [2.24, 2.45) is 5.10 Å². The number of nitro benzene ring substituents is 1. The molecule has 0 spiro atoms. The van der Waals surface area contributed by atoms with Crippen LogP contribution in [-0.2, 0) is 14.8 Å². The van der Waals surface area contributed by atoms with E-state index in [2.05, 4.69) is 21.5 Å². The van der Waals surface area contributed by atoms with Crippen molar-refractivity contribution >= 4 is 44.0 Å². The van der Waals surface area contributed by atoms with Crippen LogP contribution in [0.4, 0.5) is 16.4 Å². The van der Waals surface area contributed by atoms with Gasteiger partial charge in [-0.3, -0.25) is 15.5 Å². The Balaban J connectivity index is 1.54. The summed E-state index contributed by atoms with van der Waals surface area (Å²) in [6.45, 7) is 3.08. The minimum Gasteiger partial charge on any atom is -0.379 e. The third kappa shape index (κ3) is 5.09. The molecule has 0 aliphatic carbocycles. The molecule has 0 atom stereocenters. The molecular formula is C20H25N5O5S2. The predicted octanol–water partition coefficient (Wildman–Crippen LogP) is 3.11. The molecule has 2 fully saturated rings. The van der Waals surface area contributed by atoms with Crippen LogP contribution in [0.2, 0.25) is 0 Å². The number of nitrogens with one attached hydrogen (secondary N) is 1. The molecule has 0 amide bonds. The number of hydrazone groups is 1. The van der Waals surface area contributed by atoms with Crippen molar-refractivity contribution in [3.05, 3.63) is 45.3 Å². The van der Waals surface area contributed by atoms with Crippen LogP contribution in [0.3, 0.4) is 0 Å². The topological polar surface area (TPSA) is 117 Å². The van der Waals surface area contributed by atoms with Gasteiger partial charge in [0.1, 0.15) is 4.90 Å². The third-order valence-electron chi connectivity index (χ3n) is 5.42. The number of hydrogen-bond acceptors (Lipinski definition) is 9. The number of piperidine rings is 1. The molecule has 0 unspecified atom stereocenters. The lowest BCUT2D eigenvalue weighted by Crippen LogP contribution is -2.40. The molecule has 2 aliphatic rings. The van der Waals surface area contributed by atoms with Crippen LogP contribution in [0.25, 0.3) is 0 Å². The molecule has 0 saturated carbocycles. The van der Waals surface area contributed by atoms with Crippen LogP contribution in [0.15, 0.2) is 40.3 Å². The molecule has 4 rings (SSSR count). The van der Waals surface area contributed by atoms with E-state index >= 15 is 0 Å². The summed E-state index contributed by atoms with van der Waals surface area (Å²) in [5.74, 6) is 0. The second kappa shape index (κ2) is 9.94.